The monoisotopic (exact) mass is 553 g/mol. The van der Waals surface area contributed by atoms with E-state index in [-0.39, 0.29) is 5.41 Å². The summed E-state index contributed by atoms with van der Waals surface area (Å²) in [5, 5.41) is 8.64. The molecule has 5 rings (SSSR count). The van der Waals surface area contributed by atoms with Crippen LogP contribution in [-0.4, -0.2) is 21.1 Å². The van der Waals surface area contributed by atoms with Crippen molar-refractivity contribution in [1.82, 2.24) is 4.98 Å². The van der Waals surface area contributed by atoms with Crippen molar-refractivity contribution >= 4 is 68.8 Å². The molecule has 2 heterocycles. The summed E-state index contributed by atoms with van der Waals surface area (Å²) in [5.41, 5.74) is 6.86. The van der Waals surface area contributed by atoms with E-state index in [4.69, 9.17) is 4.98 Å². The number of aromatic nitrogens is 1. The van der Waals surface area contributed by atoms with Gasteiger partial charge >= 0.3 is 0 Å². The molecule has 0 unspecified atom stereocenters. The van der Waals surface area contributed by atoms with Crippen molar-refractivity contribution in [2.45, 2.75) is 80.3 Å². The highest BCUT2D eigenvalue weighted by atomic mass is 32.1. The zero-order chi connectivity index (χ0) is 27.8. The van der Waals surface area contributed by atoms with Crippen LogP contribution in [-0.2, 0) is 6.42 Å². The van der Waals surface area contributed by atoms with E-state index in [1.165, 1.54) is 63.6 Å². The molecule has 0 radical (unpaired) electrons. The van der Waals surface area contributed by atoms with Crippen LogP contribution in [0.1, 0.15) is 37.5 Å². The molecule has 0 saturated carbocycles. The molecule has 2 aromatic heterocycles. The molecule has 3 aromatic carbocycles. The van der Waals surface area contributed by atoms with Crippen LogP contribution in [0.4, 0.5) is 0 Å². The van der Waals surface area contributed by atoms with E-state index in [0.717, 1.165) is 12.1 Å². The second-order valence-corrected chi connectivity index (χ2v) is 25.7. The van der Waals surface area contributed by atoms with Crippen molar-refractivity contribution in [1.29, 1.82) is 0 Å². The van der Waals surface area contributed by atoms with Crippen LogP contribution >= 0.6 is 11.3 Å². The maximum Gasteiger partial charge on any atom is 0.0880 e. The first-order chi connectivity index (χ1) is 17.5. The Kier molecular flexibility index (Phi) is 6.57. The average molecular weight is 554 g/mol. The molecule has 38 heavy (non-hydrogen) atoms. The lowest BCUT2D eigenvalue weighted by Gasteiger charge is -2.22. The number of nitrogens with zero attached hydrogens (tertiary/aromatic N) is 1. The van der Waals surface area contributed by atoms with Crippen LogP contribution in [0.5, 0.6) is 0 Å². The normalized spacial score (nSPS) is 13.2. The third-order valence-electron chi connectivity index (χ3n) is 7.75. The molecule has 0 saturated heterocycles. The van der Waals surface area contributed by atoms with E-state index in [9.17, 15) is 0 Å². The zero-order valence-electron chi connectivity index (χ0n) is 25.2. The molecular formula is C34H43NSSi2. The second kappa shape index (κ2) is 9.14. The van der Waals surface area contributed by atoms with Crippen LogP contribution < -0.4 is 10.4 Å². The van der Waals surface area contributed by atoms with Gasteiger partial charge in [-0.3, -0.25) is 4.98 Å². The Balaban J connectivity index is 1.85. The summed E-state index contributed by atoms with van der Waals surface area (Å²) in [6, 6.07) is 16.9. The van der Waals surface area contributed by atoms with Gasteiger partial charge in [0.25, 0.3) is 0 Å². The van der Waals surface area contributed by atoms with Crippen molar-refractivity contribution in [3.05, 3.63) is 65.4 Å². The molecule has 0 amide bonds. The molecule has 4 heteroatoms. The summed E-state index contributed by atoms with van der Waals surface area (Å²) < 4.78 is 2.76. The van der Waals surface area contributed by atoms with Crippen molar-refractivity contribution in [2.75, 3.05) is 0 Å². The van der Waals surface area contributed by atoms with E-state index in [1.54, 1.807) is 0 Å². The Morgan fingerprint density at radius 3 is 2.05 bits per heavy atom. The first-order valence-electron chi connectivity index (χ1n) is 13.9. The van der Waals surface area contributed by atoms with Gasteiger partial charge in [-0.15, -0.1) is 11.3 Å². The van der Waals surface area contributed by atoms with Crippen LogP contribution in [0.3, 0.4) is 0 Å². The molecule has 1 nitrogen and oxygen atoms in total. The number of pyridine rings is 1. The highest BCUT2D eigenvalue weighted by molar-refractivity contribution is 7.26. The SMILES string of the molecule is Cc1cc2cc(-c3ncc([Si](C)(C)C)c4c3sc3cc(CC(C)(C)C)ccc34)cc([Si](C)(C)C)c2cc1C. The maximum absolute atomic E-state index is 5.25. The van der Waals surface area contributed by atoms with Crippen molar-refractivity contribution in [2.24, 2.45) is 5.41 Å². The Morgan fingerprint density at radius 1 is 0.763 bits per heavy atom. The molecule has 0 fully saturated rings. The van der Waals surface area contributed by atoms with Gasteiger partial charge in [-0.05, 0) is 70.5 Å². The van der Waals surface area contributed by atoms with Gasteiger partial charge in [0.2, 0.25) is 0 Å². The molecule has 0 atom stereocenters. The number of fused-ring (bicyclic) bond motifs is 4. The van der Waals surface area contributed by atoms with Crippen LogP contribution in [0.15, 0.2) is 48.7 Å². The van der Waals surface area contributed by atoms with Gasteiger partial charge in [0, 0.05) is 27.2 Å². The summed E-state index contributed by atoms with van der Waals surface area (Å²) >= 11 is 1.95. The number of hydrogen-bond donors (Lipinski definition) is 0. The number of hydrogen-bond acceptors (Lipinski definition) is 2. The molecule has 0 aliphatic rings. The lowest BCUT2D eigenvalue weighted by Crippen LogP contribution is -2.38. The molecular weight excluding hydrogens is 511 g/mol. The number of aryl methyl sites for hydroxylation is 2. The van der Waals surface area contributed by atoms with Crippen LogP contribution in [0, 0.1) is 19.3 Å². The Morgan fingerprint density at radius 2 is 1.42 bits per heavy atom. The van der Waals surface area contributed by atoms with Gasteiger partial charge in [0.1, 0.15) is 0 Å². The first-order valence-corrected chi connectivity index (χ1v) is 21.7. The van der Waals surface area contributed by atoms with Crippen LogP contribution in [0.25, 0.3) is 42.2 Å². The van der Waals surface area contributed by atoms with Crippen molar-refractivity contribution in [3.8, 4) is 11.3 Å². The summed E-state index contributed by atoms with van der Waals surface area (Å²) in [7, 11) is -3.19. The molecule has 0 N–H and O–H groups in total. The average Bonchev–Trinajstić information content (AvgIpc) is 3.14. The predicted molar refractivity (Wildman–Crippen MR) is 179 cm³/mol. The van der Waals surface area contributed by atoms with Gasteiger partial charge in [0.05, 0.1) is 26.5 Å². The van der Waals surface area contributed by atoms with Crippen LogP contribution in [0.2, 0.25) is 39.3 Å². The van der Waals surface area contributed by atoms with E-state index < -0.39 is 16.1 Å². The molecule has 198 valence electrons. The third-order valence-corrected chi connectivity index (χ3v) is 12.9. The fourth-order valence-electron chi connectivity index (χ4n) is 5.71. The minimum Gasteiger partial charge on any atom is -0.255 e. The van der Waals surface area contributed by atoms with E-state index in [2.05, 4.69) is 123 Å². The fourth-order valence-corrected chi connectivity index (χ4v) is 10.2. The minimum absolute atomic E-state index is 0.273. The van der Waals surface area contributed by atoms with Crippen molar-refractivity contribution in [3.63, 3.8) is 0 Å². The smallest absolute Gasteiger partial charge is 0.0880 e. The number of rotatable bonds is 4. The summed E-state index contributed by atoms with van der Waals surface area (Å²) in [6.07, 6.45) is 3.31. The Labute approximate surface area is 235 Å². The van der Waals surface area contributed by atoms with E-state index >= 15 is 0 Å². The standard InChI is InChI=1S/C34H43NSSi2/c1-21-14-24-17-25(18-29(37(6,7)8)27(24)15-22(21)2)32-33-31(30(20-35-32)38(9,10)11)26-13-12-23(16-28(26)36-33)19-34(3,4)5/h12-18,20H,19H2,1-11H3. The molecule has 0 aliphatic carbocycles. The number of thiophene rings is 1. The molecule has 0 bridgehead atoms. The molecule has 0 aliphatic heterocycles. The molecule has 5 aromatic rings. The highest BCUT2D eigenvalue weighted by Gasteiger charge is 2.26. The molecule has 0 spiro atoms. The topological polar surface area (TPSA) is 12.9 Å². The summed E-state index contributed by atoms with van der Waals surface area (Å²) in [6.45, 7) is 26.2. The van der Waals surface area contributed by atoms with E-state index in [1.807, 2.05) is 11.3 Å². The zero-order valence-corrected chi connectivity index (χ0v) is 28.0. The summed E-state index contributed by atoms with van der Waals surface area (Å²) in [4.78, 5) is 5.25. The highest BCUT2D eigenvalue weighted by Crippen LogP contribution is 2.40. The number of benzene rings is 3. The maximum atomic E-state index is 5.25. The third kappa shape index (κ3) is 5.03. The summed E-state index contributed by atoms with van der Waals surface area (Å²) in [5.74, 6) is 0. The first kappa shape index (κ1) is 27.3. The fraction of sp³-hybridized carbons (Fsp3) is 0.382. The quantitative estimate of drug-likeness (QED) is 0.202. The largest absolute Gasteiger partial charge is 0.255 e. The Bertz CT molecular complexity index is 1710. The second-order valence-electron chi connectivity index (χ2n) is 14.6. The van der Waals surface area contributed by atoms with Gasteiger partial charge in [0.15, 0.2) is 0 Å². The van der Waals surface area contributed by atoms with Gasteiger partial charge in [-0.25, -0.2) is 0 Å². The lowest BCUT2D eigenvalue weighted by atomic mass is 9.88. The Hall–Kier alpha value is -2.28. The lowest BCUT2D eigenvalue weighted by molar-refractivity contribution is 0.411. The van der Waals surface area contributed by atoms with Crippen molar-refractivity contribution < 1.29 is 0 Å². The van der Waals surface area contributed by atoms with Gasteiger partial charge in [-0.1, -0.05) is 95.6 Å². The predicted octanol–water partition coefficient (Wildman–Crippen LogP) is 9.57. The van der Waals surface area contributed by atoms with Gasteiger partial charge < -0.3 is 0 Å². The van der Waals surface area contributed by atoms with Gasteiger partial charge in [-0.2, -0.15) is 0 Å². The minimum atomic E-state index is -1.60. The van der Waals surface area contributed by atoms with E-state index in [0.29, 0.717) is 0 Å².